The van der Waals surface area contributed by atoms with Crippen molar-refractivity contribution in [1.82, 2.24) is 0 Å². The first kappa shape index (κ1) is 25.0. The van der Waals surface area contributed by atoms with Crippen molar-refractivity contribution in [2.24, 2.45) is 0 Å². The van der Waals surface area contributed by atoms with Crippen LogP contribution in [0.25, 0.3) is 11.0 Å². The number of rotatable bonds is 8. The lowest BCUT2D eigenvalue weighted by atomic mass is 9.97. The van der Waals surface area contributed by atoms with E-state index >= 15 is 0 Å². The highest BCUT2D eigenvalue weighted by Gasteiger charge is 2.44. The van der Waals surface area contributed by atoms with Crippen LogP contribution in [0.5, 0.6) is 11.5 Å². The van der Waals surface area contributed by atoms with Gasteiger partial charge in [0.25, 0.3) is 5.91 Å². The van der Waals surface area contributed by atoms with E-state index in [4.69, 9.17) is 13.9 Å². The molecule has 37 heavy (non-hydrogen) atoms. The summed E-state index contributed by atoms with van der Waals surface area (Å²) in [6.07, 6.45) is 1.90. The Kier molecular flexibility index (Phi) is 7.02. The van der Waals surface area contributed by atoms with Gasteiger partial charge in [0.1, 0.15) is 11.4 Å². The van der Waals surface area contributed by atoms with Gasteiger partial charge in [0.15, 0.2) is 16.9 Å². The maximum Gasteiger partial charge on any atom is 0.295 e. The van der Waals surface area contributed by atoms with Gasteiger partial charge < -0.3 is 13.9 Å². The summed E-state index contributed by atoms with van der Waals surface area (Å²) < 4.78 is 32.6. The Morgan fingerprint density at radius 1 is 1.00 bits per heavy atom. The van der Waals surface area contributed by atoms with Gasteiger partial charge >= 0.3 is 0 Å². The first-order chi connectivity index (χ1) is 17.9. The number of amides is 1. The van der Waals surface area contributed by atoms with Crippen molar-refractivity contribution in [2.75, 3.05) is 18.1 Å². The van der Waals surface area contributed by atoms with Crippen molar-refractivity contribution in [2.45, 2.75) is 32.7 Å². The van der Waals surface area contributed by atoms with Gasteiger partial charge in [0.2, 0.25) is 5.76 Å². The second kappa shape index (κ2) is 10.4. The van der Waals surface area contributed by atoms with E-state index in [1.54, 1.807) is 24.3 Å². The number of carbonyl (C=O) groups excluding carboxylic acids is 1. The molecular weight excluding hydrogens is 541 g/mol. The first-order valence-corrected chi connectivity index (χ1v) is 13.0. The third-order valence-corrected chi connectivity index (χ3v) is 6.75. The van der Waals surface area contributed by atoms with Crippen molar-refractivity contribution in [3.8, 4) is 11.5 Å². The number of ether oxygens (including phenoxy) is 2. The lowest BCUT2D eigenvalue weighted by Crippen LogP contribution is -2.29. The van der Waals surface area contributed by atoms with Gasteiger partial charge in [-0.25, -0.2) is 4.39 Å². The molecule has 1 aliphatic rings. The molecule has 6 nitrogen and oxygen atoms in total. The SMILES string of the molecule is CCCCOc1ccc(C2c3c(oc4ccc(F)cc4c3=O)C(=O)N2c2cccc(Br)c2)cc1OCC. The fraction of sp³-hybridized carbons (Fsp3) is 0.241. The van der Waals surface area contributed by atoms with Crippen LogP contribution in [-0.4, -0.2) is 19.1 Å². The molecule has 0 aliphatic carbocycles. The summed E-state index contributed by atoms with van der Waals surface area (Å²) >= 11 is 3.47. The van der Waals surface area contributed by atoms with E-state index in [1.165, 1.54) is 17.0 Å². The molecule has 0 bridgehead atoms. The standard InChI is InChI=1S/C29H25BrFNO5/c1-3-5-13-36-23-11-9-17(14-24(23)35-4-2)26-25-27(33)21-16-19(31)10-12-22(21)37-28(25)29(34)32(26)20-8-6-7-18(30)15-20/h6-12,14-16,26H,3-5,13H2,1-2H3. The quantitative estimate of drug-likeness (QED) is 0.215. The van der Waals surface area contributed by atoms with Crippen LogP contribution in [0.15, 0.2) is 74.3 Å². The normalized spacial score (nSPS) is 14.8. The Labute approximate surface area is 221 Å². The van der Waals surface area contributed by atoms with Crippen molar-refractivity contribution in [3.05, 3.63) is 98.1 Å². The molecule has 0 fully saturated rings. The maximum absolute atomic E-state index is 14.1. The molecule has 0 saturated carbocycles. The van der Waals surface area contributed by atoms with E-state index in [2.05, 4.69) is 22.9 Å². The fourth-order valence-electron chi connectivity index (χ4n) is 4.56. The molecule has 8 heteroatoms. The number of fused-ring (bicyclic) bond motifs is 2. The van der Waals surface area contributed by atoms with Crippen LogP contribution in [-0.2, 0) is 0 Å². The average Bonchev–Trinajstić information content (AvgIpc) is 3.18. The molecular formula is C29H25BrFNO5. The first-order valence-electron chi connectivity index (χ1n) is 12.2. The van der Waals surface area contributed by atoms with Crippen LogP contribution in [0.3, 0.4) is 0 Å². The zero-order valence-corrected chi connectivity index (χ0v) is 22.0. The smallest absolute Gasteiger partial charge is 0.295 e. The minimum absolute atomic E-state index is 0.0599. The van der Waals surface area contributed by atoms with Crippen LogP contribution in [0.2, 0.25) is 0 Å². The van der Waals surface area contributed by atoms with Crippen molar-refractivity contribution < 1.29 is 23.1 Å². The molecule has 2 heterocycles. The van der Waals surface area contributed by atoms with Gasteiger partial charge in [0.05, 0.1) is 30.2 Å². The predicted octanol–water partition coefficient (Wildman–Crippen LogP) is 7.02. The Balaban J connectivity index is 1.72. The van der Waals surface area contributed by atoms with Crippen LogP contribution in [0, 0.1) is 5.82 Å². The van der Waals surface area contributed by atoms with Crippen LogP contribution >= 0.6 is 15.9 Å². The average molecular weight is 566 g/mol. The van der Waals surface area contributed by atoms with Crippen molar-refractivity contribution in [1.29, 1.82) is 0 Å². The molecule has 0 saturated heterocycles. The zero-order chi connectivity index (χ0) is 26.1. The Hall–Kier alpha value is -3.65. The predicted molar refractivity (Wildman–Crippen MR) is 143 cm³/mol. The van der Waals surface area contributed by atoms with Crippen LogP contribution < -0.4 is 19.8 Å². The van der Waals surface area contributed by atoms with Gasteiger partial charge in [-0.15, -0.1) is 0 Å². The van der Waals surface area contributed by atoms with Gasteiger partial charge in [-0.1, -0.05) is 41.4 Å². The highest BCUT2D eigenvalue weighted by Crippen LogP contribution is 2.43. The minimum atomic E-state index is -0.815. The summed E-state index contributed by atoms with van der Waals surface area (Å²) in [5.74, 6) is 0.0299. The Morgan fingerprint density at radius 3 is 2.59 bits per heavy atom. The maximum atomic E-state index is 14.1. The van der Waals surface area contributed by atoms with Crippen LogP contribution in [0.1, 0.15) is 54.4 Å². The number of halogens is 2. The number of unbranched alkanes of at least 4 members (excludes halogenated alkanes) is 1. The minimum Gasteiger partial charge on any atom is -0.490 e. The van der Waals surface area contributed by atoms with E-state index in [0.29, 0.717) is 36.0 Å². The van der Waals surface area contributed by atoms with E-state index in [-0.39, 0.29) is 22.3 Å². The van der Waals surface area contributed by atoms with Gasteiger partial charge in [0, 0.05) is 10.2 Å². The molecule has 0 radical (unpaired) electrons. The topological polar surface area (TPSA) is 69.0 Å². The summed E-state index contributed by atoms with van der Waals surface area (Å²) in [4.78, 5) is 29.0. The molecule has 1 aromatic heterocycles. The monoisotopic (exact) mass is 565 g/mol. The summed E-state index contributed by atoms with van der Waals surface area (Å²) in [6.45, 7) is 4.92. The number of benzene rings is 3. The Morgan fingerprint density at radius 2 is 1.84 bits per heavy atom. The van der Waals surface area contributed by atoms with Gasteiger partial charge in [-0.05, 0) is 67.4 Å². The highest BCUT2D eigenvalue weighted by molar-refractivity contribution is 9.10. The molecule has 5 rings (SSSR count). The summed E-state index contributed by atoms with van der Waals surface area (Å²) in [7, 11) is 0. The van der Waals surface area contributed by atoms with Crippen LogP contribution in [0.4, 0.5) is 10.1 Å². The molecule has 1 atom stereocenters. The number of anilines is 1. The summed E-state index contributed by atoms with van der Waals surface area (Å²) in [5, 5.41) is 0.0807. The number of hydrogen-bond acceptors (Lipinski definition) is 5. The molecule has 1 unspecified atom stereocenters. The van der Waals surface area contributed by atoms with Crippen molar-refractivity contribution in [3.63, 3.8) is 0 Å². The lowest BCUT2D eigenvalue weighted by Gasteiger charge is -2.26. The number of hydrogen-bond donors (Lipinski definition) is 0. The molecule has 0 spiro atoms. The number of nitrogens with zero attached hydrogens (tertiary/aromatic N) is 1. The van der Waals surface area contributed by atoms with Gasteiger partial charge in [-0.2, -0.15) is 0 Å². The fourth-order valence-corrected chi connectivity index (χ4v) is 4.95. The summed E-state index contributed by atoms with van der Waals surface area (Å²) in [6, 6.07) is 15.5. The van der Waals surface area contributed by atoms with E-state index in [0.717, 1.165) is 23.4 Å². The third kappa shape index (κ3) is 4.62. The van der Waals surface area contributed by atoms with E-state index in [1.807, 2.05) is 25.1 Å². The molecule has 1 amide bonds. The second-order valence-electron chi connectivity index (χ2n) is 8.71. The molecule has 0 N–H and O–H groups in total. The largest absolute Gasteiger partial charge is 0.490 e. The third-order valence-electron chi connectivity index (χ3n) is 6.26. The van der Waals surface area contributed by atoms with E-state index < -0.39 is 23.2 Å². The van der Waals surface area contributed by atoms with Crippen molar-refractivity contribution >= 4 is 38.5 Å². The zero-order valence-electron chi connectivity index (χ0n) is 20.4. The Bertz CT molecular complexity index is 1550. The molecule has 3 aromatic carbocycles. The molecule has 4 aromatic rings. The second-order valence-corrected chi connectivity index (χ2v) is 9.63. The lowest BCUT2D eigenvalue weighted by molar-refractivity contribution is 0.0971. The number of carbonyl (C=O) groups is 1. The van der Waals surface area contributed by atoms with Gasteiger partial charge in [-0.3, -0.25) is 14.5 Å². The summed E-state index contributed by atoms with van der Waals surface area (Å²) in [5.41, 5.74) is 1.08. The highest BCUT2D eigenvalue weighted by atomic mass is 79.9. The van der Waals surface area contributed by atoms with E-state index in [9.17, 15) is 14.0 Å². The molecule has 1 aliphatic heterocycles. The molecule has 190 valence electrons.